The van der Waals surface area contributed by atoms with Gasteiger partial charge in [0.2, 0.25) is 0 Å². The van der Waals surface area contributed by atoms with Crippen molar-refractivity contribution in [1.82, 2.24) is 0 Å². The topological polar surface area (TPSA) is 192 Å². The van der Waals surface area contributed by atoms with E-state index in [0.29, 0.717) is 32.1 Å². The second-order valence-electron chi connectivity index (χ2n) is 13.2. The quantitative estimate of drug-likeness (QED) is 0.0154. The highest BCUT2D eigenvalue weighted by Gasteiger charge is 2.28. The van der Waals surface area contributed by atoms with Crippen molar-refractivity contribution < 1.29 is 52.6 Å². The number of carboxylic acids is 1. The third kappa shape index (κ3) is 37.7. The Bertz CT molecular complexity index is 1350. The number of allylic oxidation sites excluding steroid dienone is 14. The monoisotopic (exact) mass is 819 g/mol. The van der Waals surface area contributed by atoms with Crippen LogP contribution in [-0.4, -0.2) is 71.1 Å². The predicted octanol–water partition coefficient (Wildman–Crippen LogP) is 9.47. The summed E-state index contributed by atoms with van der Waals surface area (Å²) < 4.78 is 32.5. The first-order valence-corrected chi connectivity index (χ1v) is 21.9. The maximum atomic E-state index is 12.6. The number of ether oxygens (including phenoxy) is 2. The van der Waals surface area contributed by atoms with Crippen LogP contribution in [0.15, 0.2) is 97.2 Å². The van der Waals surface area contributed by atoms with Crippen LogP contribution in [0.1, 0.15) is 123 Å². The Morgan fingerprint density at radius 1 is 0.632 bits per heavy atom. The van der Waals surface area contributed by atoms with Gasteiger partial charge in [0.05, 0.1) is 19.3 Å². The molecule has 0 spiro atoms. The van der Waals surface area contributed by atoms with Gasteiger partial charge in [-0.15, -0.1) is 0 Å². The normalized spacial score (nSPS) is 15.3. The number of hydrogen-bond acceptors (Lipinski definition) is 10. The number of aliphatic hydroxyl groups excluding tert-OH is 1. The molecule has 0 radical (unpaired) electrons. The molecule has 0 saturated heterocycles. The van der Waals surface area contributed by atoms with Crippen LogP contribution >= 0.6 is 7.82 Å². The lowest BCUT2D eigenvalue weighted by atomic mass is 10.1. The van der Waals surface area contributed by atoms with Gasteiger partial charge in [-0.05, 0) is 77.0 Å². The smallest absolute Gasteiger partial charge is 0.472 e. The number of nitrogens with two attached hydrogens (primary N) is 1. The van der Waals surface area contributed by atoms with Gasteiger partial charge in [-0.1, -0.05) is 130 Å². The fraction of sp³-hybridized carbons (Fsp3) is 0.568. The van der Waals surface area contributed by atoms with E-state index in [1.807, 2.05) is 42.5 Å². The minimum absolute atomic E-state index is 0.101. The summed E-state index contributed by atoms with van der Waals surface area (Å²) in [6, 6.07) is -1.55. The second kappa shape index (κ2) is 37.9. The Morgan fingerprint density at radius 2 is 1.16 bits per heavy atom. The molecule has 4 atom stereocenters. The number of phosphoric ester groups is 1. The van der Waals surface area contributed by atoms with Gasteiger partial charge < -0.3 is 30.3 Å². The number of aliphatic hydroxyl groups is 1. The predicted molar refractivity (Wildman–Crippen MR) is 227 cm³/mol. The van der Waals surface area contributed by atoms with Gasteiger partial charge in [-0.2, -0.15) is 0 Å². The summed E-state index contributed by atoms with van der Waals surface area (Å²) in [5.74, 6) is -2.54. The van der Waals surface area contributed by atoms with Crippen LogP contribution < -0.4 is 5.73 Å². The van der Waals surface area contributed by atoms with Crippen molar-refractivity contribution in [2.45, 2.75) is 141 Å². The van der Waals surface area contributed by atoms with Crippen LogP contribution in [0.4, 0.5) is 0 Å². The zero-order valence-electron chi connectivity index (χ0n) is 34.2. The Hall–Kier alpha value is -3.64. The first kappa shape index (κ1) is 53.4. The number of carboxylic acid groups (broad SMARTS) is 1. The van der Waals surface area contributed by atoms with E-state index in [1.165, 1.54) is 0 Å². The Morgan fingerprint density at radius 3 is 1.81 bits per heavy atom. The molecule has 57 heavy (non-hydrogen) atoms. The first-order chi connectivity index (χ1) is 27.5. The van der Waals surface area contributed by atoms with Crippen molar-refractivity contribution >= 4 is 25.7 Å². The zero-order valence-corrected chi connectivity index (χ0v) is 35.1. The number of aliphatic carboxylic acids is 1. The average Bonchev–Trinajstić information content (AvgIpc) is 3.18. The molecule has 0 aliphatic heterocycles. The van der Waals surface area contributed by atoms with Crippen LogP contribution in [0.2, 0.25) is 0 Å². The summed E-state index contributed by atoms with van der Waals surface area (Å²) in [6.07, 6.45) is 43.7. The lowest BCUT2D eigenvalue weighted by Gasteiger charge is -2.20. The van der Waals surface area contributed by atoms with Crippen LogP contribution in [-0.2, 0) is 37.5 Å². The second-order valence-corrected chi connectivity index (χ2v) is 14.7. The number of phosphoric acid groups is 1. The fourth-order valence-corrected chi connectivity index (χ4v) is 5.50. The van der Waals surface area contributed by atoms with Crippen molar-refractivity contribution in [3.8, 4) is 0 Å². The third-order valence-electron chi connectivity index (χ3n) is 7.91. The average molecular weight is 820 g/mol. The maximum Gasteiger partial charge on any atom is 0.472 e. The molecule has 0 aromatic rings. The van der Waals surface area contributed by atoms with Gasteiger partial charge in [0.1, 0.15) is 12.6 Å². The molecule has 13 heteroatoms. The maximum absolute atomic E-state index is 12.6. The van der Waals surface area contributed by atoms with E-state index >= 15 is 0 Å². The van der Waals surface area contributed by atoms with E-state index in [-0.39, 0.29) is 12.8 Å². The molecule has 0 bridgehead atoms. The molecule has 0 saturated carbocycles. The standard InChI is InChI=1S/C44H70NO11P/c1-3-5-7-9-11-12-13-14-15-16-17-18-23-27-31-35-43(48)56-40(37-54-57(51,52)55-38-41(45)44(49)50)36-53-42(47)34-30-26-22-20-19-21-25-29-33-39(46)32-28-24-10-8-6-4-2/h5-8,11-12,14-15,20-22,24-25,28-29,33,39-41,46H,3-4,9-10,13,16-19,23,26-27,30-32,34-38,45H2,1-2H3,(H,49,50)(H,51,52)/b7-5-,8-6-,12-11-,15-14-,22-20-,25-21-,28-24-,33-29+/t39?,40-,41+/m1/s1. The Balaban J connectivity index is 4.61. The van der Waals surface area contributed by atoms with E-state index < -0.39 is 63.8 Å². The SMILES string of the molecule is CC/C=C\C/C=C\C/C=C\CCCCCCCC(=O)O[C@H](COC(=O)CCC/C=C\C/C=C\C=C\C(O)C/C=C\C/C=C\CC)COP(=O)(O)OC[C@H](N)C(=O)O. The molecule has 0 rings (SSSR count). The van der Waals surface area contributed by atoms with Crippen LogP contribution in [0.5, 0.6) is 0 Å². The molecular formula is C44H70NO11P. The summed E-state index contributed by atoms with van der Waals surface area (Å²) in [4.78, 5) is 45.9. The van der Waals surface area contributed by atoms with E-state index in [0.717, 1.165) is 64.2 Å². The molecule has 0 heterocycles. The van der Waals surface area contributed by atoms with Crippen molar-refractivity contribution in [3.63, 3.8) is 0 Å². The highest BCUT2D eigenvalue weighted by atomic mass is 31.2. The summed E-state index contributed by atoms with van der Waals surface area (Å²) in [6.45, 7) is 2.38. The number of carbonyl (C=O) groups excluding carboxylic acids is 2. The van der Waals surface area contributed by atoms with Crippen molar-refractivity contribution in [2.75, 3.05) is 19.8 Å². The molecule has 2 unspecified atom stereocenters. The highest BCUT2D eigenvalue weighted by Crippen LogP contribution is 2.43. The molecule has 0 aromatic heterocycles. The van der Waals surface area contributed by atoms with Gasteiger partial charge >= 0.3 is 25.7 Å². The van der Waals surface area contributed by atoms with Crippen LogP contribution in [0.3, 0.4) is 0 Å². The number of hydrogen-bond donors (Lipinski definition) is 4. The van der Waals surface area contributed by atoms with Gasteiger partial charge in [0.15, 0.2) is 6.10 Å². The molecule has 12 nitrogen and oxygen atoms in total. The molecule has 5 N–H and O–H groups in total. The largest absolute Gasteiger partial charge is 0.480 e. The lowest BCUT2D eigenvalue weighted by Crippen LogP contribution is -2.34. The molecule has 322 valence electrons. The molecule has 0 aromatic carbocycles. The number of esters is 2. The molecule has 0 fully saturated rings. The Labute approximate surface area is 341 Å². The Kier molecular flexibility index (Phi) is 35.5. The first-order valence-electron chi connectivity index (χ1n) is 20.4. The van der Waals surface area contributed by atoms with Gasteiger partial charge in [0.25, 0.3) is 0 Å². The molecule has 0 amide bonds. The van der Waals surface area contributed by atoms with Gasteiger partial charge in [-0.3, -0.25) is 23.4 Å². The summed E-state index contributed by atoms with van der Waals surface area (Å²) in [7, 11) is -4.75. The summed E-state index contributed by atoms with van der Waals surface area (Å²) in [5, 5.41) is 18.9. The van der Waals surface area contributed by atoms with E-state index in [1.54, 1.807) is 6.08 Å². The summed E-state index contributed by atoms with van der Waals surface area (Å²) >= 11 is 0. The van der Waals surface area contributed by atoms with Gasteiger partial charge in [-0.25, -0.2) is 4.57 Å². The van der Waals surface area contributed by atoms with Crippen molar-refractivity contribution in [2.24, 2.45) is 5.73 Å². The molecule has 0 aliphatic rings. The lowest BCUT2D eigenvalue weighted by molar-refractivity contribution is -0.161. The minimum atomic E-state index is -4.75. The van der Waals surface area contributed by atoms with Crippen molar-refractivity contribution in [3.05, 3.63) is 97.2 Å². The number of rotatable bonds is 36. The molecule has 0 aliphatic carbocycles. The molecular weight excluding hydrogens is 749 g/mol. The minimum Gasteiger partial charge on any atom is -0.480 e. The number of unbranched alkanes of at least 4 members (excludes halogenated alkanes) is 6. The van der Waals surface area contributed by atoms with E-state index in [9.17, 15) is 28.9 Å². The highest BCUT2D eigenvalue weighted by molar-refractivity contribution is 7.47. The third-order valence-corrected chi connectivity index (χ3v) is 8.86. The fourth-order valence-electron chi connectivity index (χ4n) is 4.73. The van der Waals surface area contributed by atoms with Gasteiger partial charge in [0, 0.05) is 12.8 Å². The van der Waals surface area contributed by atoms with E-state index in [2.05, 4.69) is 67.0 Å². The van der Waals surface area contributed by atoms with Crippen LogP contribution in [0.25, 0.3) is 0 Å². The zero-order chi connectivity index (χ0) is 42.2. The van der Waals surface area contributed by atoms with E-state index in [4.69, 9.17) is 24.8 Å². The van der Waals surface area contributed by atoms with Crippen molar-refractivity contribution in [1.29, 1.82) is 0 Å². The van der Waals surface area contributed by atoms with Crippen LogP contribution in [0, 0.1) is 0 Å². The number of carbonyl (C=O) groups is 3. The summed E-state index contributed by atoms with van der Waals surface area (Å²) in [5.41, 5.74) is 5.32.